The van der Waals surface area contributed by atoms with Crippen LogP contribution in [0.25, 0.3) is 22.3 Å². The monoisotopic (exact) mass is 438 g/mol. The Labute approximate surface area is 181 Å². The van der Waals surface area contributed by atoms with Gasteiger partial charge in [0.15, 0.2) is 15.5 Å². The zero-order valence-corrected chi connectivity index (χ0v) is 18.6. The van der Waals surface area contributed by atoms with E-state index in [1.807, 2.05) is 25.1 Å². The van der Waals surface area contributed by atoms with E-state index < -0.39 is 9.84 Å². The molecule has 1 unspecified atom stereocenters. The number of benzene rings is 1. The third-order valence-electron chi connectivity index (χ3n) is 6.21. The van der Waals surface area contributed by atoms with Gasteiger partial charge >= 0.3 is 0 Å². The first-order valence-corrected chi connectivity index (χ1v) is 12.7. The van der Waals surface area contributed by atoms with Crippen LogP contribution < -0.4 is 5.32 Å². The van der Waals surface area contributed by atoms with Crippen molar-refractivity contribution in [3.05, 3.63) is 47.2 Å². The van der Waals surface area contributed by atoms with Gasteiger partial charge in [0.05, 0.1) is 39.9 Å². The van der Waals surface area contributed by atoms with Crippen LogP contribution in [0.2, 0.25) is 0 Å². The maximum absolute atomic E-state index is 13.1. The Hall–Kier alpha value is -2.74. The van der Waals surface area contributed by atoms with Crippen LogP contribution in [0.15, 0.2) is 30.3 Å². The van der Waals surface area contributed by atoms with Crippen molar-refractivity contribution in [1.82, 2.24) is 20.1 Å². The molecular formula is C23H26N4O3S. The minimum Gasteiger partial charge on any atom is -0.349 e. The Morgan fingerprint density at radius 2 is 1.94 bits per heavy atom. The number of nitrogens with zero attached hydrogens (tertiary/aromatic N) is 3. The highest BCUT2D eigenvalue weighted by atomic mass is 32.2. The Bertz CT molecular complexity index is 1270. The van der Waals surface area contributed by atoms with Crippen molar-refractivity contribution < 1.29 is 13.2 Å². The number of carbonyl (C=O) groups is 1. The topological polar surface area (TPSA) is 94.0 Å². The van der Waals surface area contributed by atoms with E-state index in [0.29, 0.717) is 34.4 Å². The van der Waals surface area contributed by atoms with Gasteiger partial charge in [-0.25, -0.2) is 18.1 Å². The molecule has 2 aliphatic rings. The number of hydrogen-bond acceptors (Lipinski definition) is 5. The largest absolute Gasteiger partial charge is 0.349 e. The molecule has 3 heterocycles. The van der Waals surface area contributed by atoms with Crippen LogP contribution in [0.1, 0.15) is 53.8 Å². The first kappa shape index (κ1) is 20.2. The predicted molar refractivity (Wildman–Crippen MR) is 120 cm³/mol. The lowest BCUT2D eigenvalue weighted by atomic mass is 10.0. The van der Waals surface area contributed by atoms with Gasteiger partial charge in [-0.3, -0.25) is 4.79 Å². The molecule has 1 N–H and O–H groups in total. The highest BCUT2D eigenvalue weighted by Crippen LogP contribution is 2.32. The number of fused-ring (bicyclic) bond motifs is 1. The number of aryl methyl sites for hydroxylation is 2. The molecule has 0 radical (unpaired) electrons. The molecule has 3 aromatic rings. The molecule has 1 aromatic carbocycles. The van der Waals surface area contributed by atoms with Crippen LogP contribution in [0.4, 0.5) is 0 Å². The van der Waals surface area contributed by atoms with E-state index in [1.54, 1.807) is 4.68 Å². The number of nitrogens with one attached hydrogen (secondary N) is 1. The van der Waals surface area contributed by atoms with Gasteiger partial charge in [0.25, 0.3) is 5.91 Å². The highest BCUT2D eigenvalue weighted by molar-refractivity contribution is 7.91. The smallest absolute Gasteiger partial charge is 0.252 e. The molecule has 162 valence electrons. The standard InChI is InChI=1S/C23H26N4O3S/c1-3-15-4-6-16(7-5-15)20-12-19(23(28)24-17-8-9-17)21-14(2)26-27(22(21)25-20)18-10-11-31(29,30)13-18/h4-7,12,17-18H,3,8-11,13H2,1-2H3,(H,24,28). The molecule has 1 saturated carbocycles. The van der Waals surface area contributed by atoms with Gasteiger partial charge in [0.1, 0.15) is 0 Å². The molecule has 1 saturated heterocycles. The molecule has 1 aliphatic carbocycles. The van der Waals surface area contributed by atoms with Crippen LogP contribution in [-0.4, -0.2) is 46.6 Å². The third-order valence-corrected chi connectivity index (χ3v) is 7.96. The Morgan fingerprint density at radius 3 is 2.55 bits per heavy atom. The lowest BCUT2D eigenvalue weighted by Crippen LogP contribution is -2.25. The Balaban J connectivity index is 1.68. The number of hydrogen-bond donors (Lipinski definition) is 1. The maximum Gasteiger partial charge on any atom is 0.252 e. The second kappa shape index (κ2) is 7.44. The summed E-state index contributed by atoms with van der Waals surface area (Å²) in [7, 11) is -3.07. The molecule has 2 fully saturated rings. The van der Waals surface area contributed by atoms with E-state index in [-0.39, 0.29) is 29.5 Å². The normalized spacial score (nSPS) is 20.3. The van der Waals surface area contributed by atoms with E-state index in [2.05, 4.69) is 29.5 Å². The lowest BCUT2D eigenvalue weighted by molar-refractivity contribution is 0.0952. The molecule has 1 atom stereocenters. The Morgan fingerprint density at radius 1 is 1.19 bits per heavy atom. The Kier molecular flexibility index (Phi) is 4.84. The van der Waals surface area contributed by atoms with Crippen molar-refractivity contribution in [3.63, 3.8) is 0 Å². The van der Waals surface area contributed by atoms with Crippen molar-refractivity contribution in [1.29, 1.82) is 0 Å². The van der Waals surface area contributed by atoms with Crippen molar-refractivity contribution in [2.24, 2.45) is 0 Å². The van der Waals surface area contributed by atoms with Crippen molar-refractivity contribution in [2.45, 2.75) is 51.6 Å². The number of sulfone groups is 1. The van der Waals surface area contributed by atoms with Crippen LogP contribution in [-0.2, 0) is 16.3 Å². The zero-order valence-electron chi connectivity index (χ0n) is 17.8. The first-order valence-electron chi connectivity index (χ1n) is 10.8. The van der Waals surface area contributed by atoms with Crippen LogP contribution in [0, 0.1) is 6.92 Å². The highest BCUT2D eigenvalue weighted by Gasteiger charge is 2.33. The summed E-state index contributed by atoms with van der Waals surface area (Å²) in [4.78, 5) is 18.0. The fourth-order valence-corrected chi connectivity index (χ4v) is 5.96. The van der Waals surface area contributed by atoms with E-state index in [1.165, 1.54) is 5.56 Å². The summed E-state index contributed by atoms with van der Waals surface area (Å²) in [6.45, 7) is 3.96. The molecule has 1 amide bonds. The SMILES string of the molecule is CCc1ccc(-c2cc(C(=O)NC3CC3)c3c(C)nn(C4CCS(=O)(=O)C4)c3n2)cc1. The molecule has 5 rings (SSSR count). The summed E-state index contributed by atoms with van der Waals surface area (Å²) in [5, 5.41) is 8.43. The average molecular weight is 439 g/mol. The summed E-state index contributed by atoms with van der Waals surface area (Å²) >= 11 is 0. The van der Waals surface area contributed by atoms with E-state index in [0.717, 1.165) is 24.8 Å². The molecule has 7 nitrogen and oxygen atoms in total. The van der Waals surface area contributed by atoms with Crippen molar-refractivity contribution in [2.75, 3.05) is 11.5 Å². The number of rotatable bonds is 5. The van der Waals surface area contributed by atoms with Gasteiger partial charge in [-0.1, -0.05) is 31.2 Å². The van der Waals surface area contributed by atoms with Gasteiger partial charge in [0, 0.05) is 11.6 Å². The summed E-state index contributed by atoms with van der Waals surface area (Å²) in [5.74, 6) is 0.0952. The van der Waals surface area contributed by atoms with Crippen LogP contribution >= 0.6 is 0 Å². The minimum absolute atomic E-state index is 0.0595. The average Bonchev–Trinajstić information content (AvgIpc) is 3.41. The van der Waals surface area contributed by atoms with Gasteiger partial charge in [0.2, 0.25) is 0 Å². The fraction of sp³-hybridized carbons (Fsp3) is 0.435. The first-order chi connectivity index (χ1) is 14.8. The summed E-state index contributed by atoms with van der Waals surface area (Å²) < 4.78 is 25.9. The van der Waals surface area contributed by atoms with Gasteiger partial charge in [-0.2, -0.15) is 5.10 Å². The number of carbonyl (C=O) groups excluding carboxylic acids is 1. The summed E-state index contributed by atoms with van der Waals surface area (Å²) in [6.07, 6.45) is 3.47. The summed E-state index contributed by atoms with van der Waals surface area (Å²) in [6, 6.07) is 9.98. The molecule has 0 bridgehead atoms. The number of pyridine rings is 1. The second-order valence-electron chi connectivity index (χ2n) is 8.64. The van der Waals surface area contributed by atoms with Crippen LogP contribution in [0.3, 0.4) is 0 Å². The zero-order chi connectivity index (χ0) is 21.8. The maximum atomic E-state index is 13.1. The van der Waals surface area contributed by atoms with Crippen molar-refractivity contribution >= 4 is 26.8 Å². The number of aromatic nitrogens is 3. The molecule has 1 aliphatic heterocycles. The quantitative estimate of drug-likeness (QED) is 0.660. The molecule has 31 heavy (non-hydrogen) atoms. The molecule has 0 spiro atoms. The van der Waals surface area contributed by atoms with Gasteiger partial charge in [-0.15, -0.1) is 0 Å². The van der Waals surface area contributed by atoms with Gasteiger partial charge in [-0.05, 0) is 44.2 Å². The number of amides is 1. The lowest BCUT2D eigenvalue weighted by Gasteiger charge is -2.12. The molecule has 2 aromatic heterocycles. The van der Waals surface area contributed by atoms with E-state index in [4.69, 9.17) is 4.98 Å². The van der Waals surface area contributed by atoms with Crippen LogP contribution in [0.5, 0.6) is 0 Å². The predicted octanol–water partition coefficient (Wildman–Crippen LogP) is 3.22. The van der Waals surface area contributed by atoms with E-state index in [9.17, 15) is 13.2 Å². The fourth-order valence-electron chi connectivity index (χ4n) is 4.26. The molecule has 8 heteroatoms. The van der Waals surface area contributed by atoms with Gasteiger partial charge < -0.3 is 5.32 Å². The minimum atomic E-state index is -3.07. The van der Waals surface area contributed by atoms with Crippen molar-refractivity contribution in [3.8, 4) is 11.3 Å². The second-order valence-corrected chi connectivity index (χ2v) is 10.9. The summed E-state index contributed by atoms with van der Waals surface area (Å²) in [5.41, 5.74) is 4.67. The van der Waals surface area contributed by atoms with E-state index >= 15 is 0 Å². The third kappa shape index (κ3) is 3.84. The molecular weight excluding hydrogens is 412 g/mol.